The summed E-state index contributed by atoms with van der Waals surface area (Å²) in [5.74, 6) is 1.82. The molecule has 0 heterocycles. The van der Waals surface area contributed by atoms with Crippen LogP contribution in [-0.4, -0.2) is 18.9 Å². The van der Waals surface area contributed by atoms with Gasteiger partial charge in [0.15, 0.2) is 0 Å². The van der Waals surface area contributed by atoms with E-state index in [0.717, 1.165) is 12.2 Å². The predicted octanol–water partition coefficient (Wildman–Crippen LogP) is 4.96. The number of alkyl halides is 2. The van der Waals surface area contributed by atoms with Gasteiger partial charge in [0.05, 0.1) is 7.11 Å². The molecule has 2 aromatic carbocycles. The Morgan fingerprint density at radius 3 is 2.24 bits per heavy atom. The molecular weight excluding hydrogens is 303 g/mol. The lowest BCUT2D eigenvalue weighted by molar-refractivity contribution is 0.413. The number of methoxy groups -OCH3 is 1. The van der Waals surface area contributed by atoms with Gasteiger partial charge < -0.3 is 4.74 Å². The second-order valence-electron chi connectivity index (χ2n) is 5.44. The van der Waals surface area contributed by atoms with Gasteiger partial charge in [0.2, 0.25) is 0 Å². The Balaban J connectivity index is 2.35. The molecule has 0 N–H and O–H groups in total. The average molecular weight is 323 g/mol. The quantitative estimate of drug-likeness (QED) is 0.683. The van der Waals surface area contributed by atoms with Gasteiger partial charge in [-0.2, -0.15) is 0 Å². The molecule has 0 fully saturated rings. The molecule has 0 aliphatic carbocycles. The van der Waals surface area contributed by atoms with Crippen molar-refractivity contribution >= 4 is 23.2 Å². The van der Waals surface area contributed by atoms with Crippen LogP contribution in [0.1, 0.15) is 16.7 Å². The molecule has 2 aromatic rings. The molecule has 0 saturated carbocycles. The Morgan fingerprint density at radius 2 is 1.67 bits per heavy atom. The molecule has 0 spiro atoms. The van der Waals surface area contributed by atoms with E-state index < -0.39 is 0 Å². The zero-order valence-electron chi connectivity index (χ0n) is 12.4. The van der Waals surface area contributed by atoms with Crippen molar-refractivity contribution in [3.63, 3.8) is 0 Å². The summed E-state index contributed by atoms with van der Waals surface area (Å²) in [6, 6.07) is 16.5. The van der Waals surface area contributed by atoms with Crippen LogP contribution in [0.15, 0.2) is 48.5 Å². The van der Waals surface area contributed by atoms with Crippen LogP contribution in [0.4, 0.5) is 0 Å². The fourth-order valence-electron chi connectivity index (χ4n) is 2.47. The first-order chi connectivity index (χ1) is 10.1. The summed E-state index contributed by atoms with van der Waals surface area (Å²) in [5.41, 5.74) is 3.33. The van der Waals surface area contributed by atoms with Gasteiger partial charge in [-0.15, -0.1) is 23.2 Å². The summed E-state index contributed by atoms with van der Waals surface area (Å²) in [5, 5.41) is 0. The van der Waals surface area contributed by atoms with Gasteiger partial charge in [0.25, 0.3) is 0 Å². The third kappa shape index (κ3) is 3.72. The van der Waals surface area contributed by atoms with Gasteiger partial charge in [0, 0.05) is 17.2 Å². The van der Waals surface area contributed by atoms with Crippen LogP contribution in [0.3, 0.4) is 0 Å². The zero-order chi connectivity index (χ0) is 15.3. The van der Waals surface area contributed by atoms with Crippen molar-refractivity contribution in [1.29, 1.82) is 0 Å². The van der Waals surface area contributed by atoms with Gasteiger partial charge in [-0.25, -0.2) is 0 Å². The summed E-state index contributed by atoms with van der Waals surface area (Å²) < 4.78 is 5.29. The average Bonchev–Trinajstić information content (AvgIpc) is 2.54. The van der Waals surface area contributed by atoms with Gasteiger partial charge in [-0.3, -0.25) is 0 Å². The molecule has 0 aliphatic heterocycles. The van der Waals surface area contributed by atoms with Gasteiger partial charge >= 0.3 is 0 Å². The van der Waals surface area contributed by atoms with E-state index in [-0.39, 0.29) is 5.41 Å². The predicted molar refractivity (Wildman–Crippen MR) is 91.0 cm³/mol. The lowest BCUT2D eigenvalue weighted by Crippen LogP contribution is -2.33. The van der Waals surface area contributed by atoms with Crippen molar-refractivity contribution in [1.82, 2.24) is 0 Å². The zero-order valence-corrected chi connectivity index (χ0v) is 13.9. The minimum absolute atomic E-state index is 0.261. The number of aryl methyl sites for hydroxylation is 1. The Kier molecular flexibility index (Phi) is 5.55. The maximum Gasteiger partial charge on any atom is 0.119 e. The molecule has 112 valence electrons. The minimum Gasteiger partial charge on any atom is -0.497 e. The normalized spacial score (nSPS) is 11.4. The van der Waals surface area contributed by atoms with E-state index in [1.54, 1.807) is 7.11 Å². The van der Waals surface area contributed by atoms with Crippen LogP contribution in [0.5, 0.6) is 5.75 Å². The highest BCUT2D eigenvalue weighted by Crippen LogP contribution is 2.32. The monoisotopic (exact) mass is 322 g/mol. The van der Waals surface area contributed by atoms with E-state index in [9.17, 15) is 0 Å². The molecule has 0 bridgehead atoms. The van der Waals surface area contributed by atoms with E-state index in [0.29, 0.717) is 11.8 Å². The maximum atomic E-state index is 6.31. The van der Waals surface area contributed by atoms with Crippen LogP contribution in [0.2, 0.25) is 0 Å². The summed E-state index contributed by atoms with van der Waals surface area (Å²) in [6.45, 7) is 2.08. The largest absolute Gasteiger partial charge is 0.497 e. The number of hydrogen-bond acceptors (Lipinski definition) is 1. The SMILES string of the molecule is COc1cccc(CC(CCl)(CCl)c2ccc(C)cc2)c1. The van der Waals surface area contributed by atoms with E-state index in [4.69, 9.17) is 27.9 Å². The molecule has 0 aliphatic rings. The topological polar surface area (TPSA) is 9.23 Å². The molecule has 0 saturated heterocycles. The first kappa shape index (κ1) is 16.2. The number of rotatable bonds is 6. The summed E-state index contributed by atoms with van der Waals surface area (Å²) in [6.07, 6.45) is 0.792. The lowest BCUT2D eigenvalue weighted by atomic mass is 9.78. The number of ether oxygens (including phenoxy) is 1. The summed E-state index contributed by atoms with van der Waals surface area (Å²) in [4.78, 5) is 0. The van der Waals surface area contributed by atoms with Crippen LogP contribution >= 0.6 is 23.2 Å². The van der Waals surface area contributed by atoms with E-state index in [2.05, 4.69) is 37.3 Å². The third-order valence-electron chi connectivity index (χ3n) is 3.85. The fourth-order valence-corrected chi connectivity index (χ4v) is 3.25. The molecule has 0 atom stereocenters. The van der Waals surface area contributed by atoms with Gasteiger partial charge in [-0.05, 0) is 36.6 Å². The first-order valence-electron chi connectivity index (χ1n) is 6.95. The minimum atomic E-state index is -0.261. The van der Waals surface area contributed by atoms with Crippen LogP contribution < -0.4 is 4.74 Å². The summed E-state index contributed by atoms with van der Waals surface area (Å²) >= 11 is 12.6. The number of benzene rings is 2. The third-order valence-corrected chi connectivity index (χ3v) is 4.88. The van der Waals surface area contributed by atoms with Crippen LogP contribution in [-0.2, 0) is 11.8 Å². The smallest absolute Gasteiger partial charge is 0.119 e. The fraction of sp³-hybridized carbons (Fsp3) is 0.333. The molecule has 0 aromatic heterocycles. The van der Waals surface area contributed by atoms with Gasteiger partial charge in [0.1, 0.15) is 5.75 Å². The number of halogens is 2. The lowest BCUT2D eigenvalue weighted by Gasteiger charge is -2.30. The Bertz CT molecular complexity index is 574. The van der Waals surface area contributed by atoms with Crippen molar-refractivity contribution in [2.24, 2.45) is 0 Å². The number of hydrogen-bond donors (Lipinski definition) is 0. The maximum absolute atomic E-state index is 6.31. The van der Waals surface area contributed by atoms with E-state index >= 15 is 0 Å². The Labute approximate surface area is 136 Å². The second-order valence-corrected chi connectivity index (χ2v) is 5.98. The molecule has 0 amide bonds. The van der Waals surface area contributed by atoms with Crippen molar-refractivity contribution < 1.29 is 4.74 Å². The van der Waals surface area contributed by atoms with Crippen LogP contribution in [0, 0.1) is 6.92 Å². The van der Waals surface area contributed by atoms with Crippen molar-refractivity contribution in [3.8, 4) is 5.75 Å². The molecule has 1 nitrogen and oxygen atoms in total. The van der Waals surface area contributed by atoms with E-state index in [1.165, 1.54) is 16.7 Å². The Hall–Kier alpha value is -1.18. The molecule has 0 unspecified atom stereocenters. The highest BCUT2D eigenvalue weighted by Gasteiger charge is 2.31. The molecule has 2 rings (SSSR count). The second kappa shape index (κ2) is 7.20. The molecular formula is C18H20Cl2O. The van der Waals surface area contributed by atoms with Crippen molar-refractivity contribution in [2.45, 2.75) is 18.8 Å². The van der Waals surface area contributed by atoms with Gasteiger partial charge in [-0.1, -0.05) is 42.0 Å². The van der Waals surface area contributed by atoms with Crippen molar-refractivity contribution in [3.05, 3.63) is 65.2 Å². The highest BCUT2D eigenvalue weighted by atomic mass is 35.5. The van der Waals surface area contributed by atoms with Crippen LogP contribution in [0.25, 0.3) is 0 Å². The standard InChI is InChI=1S/C18H20Cl2O/c1-14-6-8-16(9-7-14)18(12-19,13-20)11-15-4-3-5-17(10-15)21-2/h3-10H,11-13H2,1-2H3. The molecule has 0 radical (unpaired) electrons. The molecule has 3 heteroatoms. The van der Waals surface area contributed by atoms with E-state index in [1.807, 2.05) is 18.2 Å². The Morgan fingerprint density at radius 1 is 1.00 bits per heavy atom. The molecule has 21 heavy (non-hydrogen) atoms. The highest BCUT2D eigenvalue weighted by molar-refractivity contribution is 6.22. The first-order valence-corrected chi connectivity index (χ1v) is 8.02. The van der Waals surface area contributed by atoms with Crippen molar-refractivity contribution in [2.75, 3.05) is 18.9 Å². The summed E-state index contributed by atoms with van der Waals surface area (Å²) in [7, 11) is 1.68.